The van der Waals surface area contributed by atoms with Crippen LogP contribution in [-0.4, -0.2) is 53.1 Å². The Balaban J connectivity index is 0.000000290. The maximum Gasteiger partial charge on any atom is 0.346 e. The van der Waals surface area contributed by atoms with Gasteiger partial charge in [-0.1, -0.05) is 25.6 Å². The number of carbonyl (C=O) groups excluding carboxylic acids is 5. The lowest BCUT2D eigenvalue weighted by atomic mass is 9.96. The van der Waals surface area contributed by atoms with E-state index in [2.05, 4.69) is 9.47 Å². The van der Waals surface area contributed by atoms with E-state index in [1.54, 1.807) is 25.3 Å². The molecule has 2 heterocycles. The first-order valence-corrected chi connectivity index (χ1v) is 12.7. The molecule has 12 heteroatoms. The number of ketones is 1. The summed E-state index contributed by atoms with van der Waals surface area (Å²) >= 11 is 0. The summed E-state index contributed by atoms with van der Waals surface area (Å²) in [6.45, 7) is 0.788. The Labute approximate surface area is 233 Å². The molecular formula is C28H29N3O8Si. The normalized spacial score (nSPS) is 12.4. The average molecular weight is 564 g/mol. The second-order valence-corrected chi connectivity index (χ2v) is 9.31. The molecule has 2 aliphatic heterocycles. The number of carbonyl (C=O) groups is 5. The van der Waals surface area contributed by atoms with Crippen molar-refractivity contribution in [2.45, 2.75) is 19.9 Å². The molecule has 0 atom stereocenters. The van der Waals surface area contributed by atoms with Gasteiger partial charge in [-0.2, -0.15) is 0 Å². The molecule has 0 aliphatic carbocycles. The second kappa shape index (κ2) is 14.5. The highest BCUT2D eigenvalue weighted by Gasteiger charge is 2.32. The Kier molecular flexibility index (Phi) is 11.4. The van der Waals surface area contributed by atoms with Crippen molar-refractivity contribution < 1.29 is 37.9 Å². The zero-order valence-electron chi connectivity index (χ0n) is 20.9. The van der Waals surface area contributed by atoms with Crippen molar-refractivity contribution in [3.63, 3.8) is 0 Å². The Bertz CT molecular complexity index is 1340. The molecule has 0 saturated heterocycles. The van der Waals surface area contributed by atoms with Gasteiger partial charge in [-0.3, -0.25) is 4.79 Å². The van der Waals surface area contributed by atoms with Crippen LogP contribution in [0.4, 0.5) is 11.4 Å². The third kappa shape index (κ3) is 7.69. The van der Waals surface area contributed by atoms with Gasteiger partial charge in [-0.25, -0.2) is 19.2 Å². The molecule has 0 saturated carbocycles. The fourth-order valence-electron chi connectivity index (χ4n) is 3.46. The van der Waals surface area contributed by atoms with Gasteiger partial charge < -0.3 is 31.1 Å². The highest BCUT2D eigenvalue weighted by atomic mass is 28.2. The molecule has 11 nitrogen and oxygen atoms in total. The van der Waals surface area contributed by atoms with Gasteiger partial charge in [0.15, 0.2) is 5.78 Å². The third-order valence-electron chi connectivity index (χ3n) is 5.35. The van der Waals surface area contributed by atoms with Crippen LogP contribution in [0, 0.1) is 0 Å². The number of esters is 4. The second-order valence-electron chi connectivity index (χ2n) is 8.11. The standard InChI is InChI=1S/C17H6O7.C6H8N2.C4H11NOSi.CH4/c18-13(7-1-3-9-11(5-7)16(21)23-14(9)19)8-2-4-10-12(6-8)17(22)24-15(10)20;7-5-2-1-3-6(8)4-5;1-6-7-4-2-3-5;/h1-6H;1-4H,7-8H2;2-5H2,1H3;1H4. The van der Waals surface area contributed by atoms with E-state index in [0.717, 1.165) is 19.0 Å². The summed E-state index contributed by atoms with van der Waals surface area (Å²) in [7, 11) is 2.36. The molecule has 208 valence electrons. The van der Waals surface area contributed by atoms with Crippen molar-refractivity contribution >= 4 is 50.8 Å². The molecule has 3 aromatic carbocycles. The van der Waals surface area contributed by atoms with Crippen LogP contribution in [0.15, 0.2) is 60.7 Å². The van der Waals surface area contributed by atoms with Crippen LogP contribution in [0.1, 0.15) is 71.2 Å². The maximum atomic E-state index is 12.5. The SMILES string of the molecule is C.CO[Si]CCCN.Nc1cccc(N)c1.O=C(c1ccc2c(c1)C(=O)OC2=O)c1ccc2c(c1)C(=O)OC2=O. The molecule has 3 aromatic rings. The van der Waals surface area contributed by atoms with E-state index in [4.69, 9.17) is 21.6 Å². The maximum absolute atomic E-state index is 12.5. The molecule has 2 aliphatic rings. The zero-order chi connectivity index (χ0) is 28.5. The van der Waals surface area contributed by atoms with Crippen LogP contribution in [0.5, 0.6) is 0 Å². The topological polar surface area (TPSA) is 191 Å². The van der Waals surface area contributed by atoms with E-state index in [1.807, 2.05) is 6.07 Å². The molecule has 6 N–H and O–H groups in total. The molecule has 0 unspecified atom stereocenters. The highest BCUT2D eigenvalue weighted by Crippen LogP contribution is 2.25. The quantitative estimate of drug-likeness (QED) is 0.0997. The number of hydrogen-bond donors (Lipinski definition) is 3. The van der Waals surface area contributed by atoms with Crippen LogP contribution >= 0.6 is 0 Å². The van der Waals surface area contributed by atoms with Gasteiger partial charge in [0.1, 0.15) is 0 Å². The van der Waals surface area contributed by atoms with Crippen molar-refractivity contribution in [2.24, 2.45) is 5.73 Å². The summed E-state index contributed by atoms with van der Waals surface area (Å²) in [5, 5.41) is 0. The predicted molar refractivity (Wildman–Crippen MR) is 149 cm³/mol. The first-order valence-electron chi connectivity index (χ1n) is 11.6. The highest BCUT2D eigenvalue weighted by molar-refractivity contribution is 6.26. The van der Waals surface area contributed by atoms with Gasteiger partial charge in [-0.05, 0) is 61.5 Å². The Morgan fingerprint density at radius 3 is 1.57 bits per heavy atom. The van der Waals surface area contributed by atoms with Gasteiger partial charge in [0, 0.05) is 29.6 Å². The molecule has 5 rings (SSSR count). The van der Waals surface area contributed by atoms with Crippen LogP contribution in [0.25, 0.3) is 0 Å². The lowest BCUT2D eigenvalue weighted by Crippen LogP contribution is -2.05. The molecule has 0 bridgehead atoms. The van der Waals surface area contributed by atoms with E-state index in [-0.39, 0.29) is 40.8 Å². The van der Waals surface area contributed by atoms with Crippen molar-refractivity contribution in [3.05, 3.63) is 94.0 Å². The molecule has 40 heavy (non-hydrogen) atoms. The first kappa shape index (κ1) is 31.6. The number of anilines is 2. The van der Waals surface area contributed by atoms with Gasteiger partial charge >= 0.3 is 23.9 Å². The summed E-state index contributed by atoms with van der Waals surface area (Å²) in [6, 6.07) is 16.2. The number of rotatable bonds is 6. The summed E-state index contributed by atoms with van der Waals surface area (Å²) < 4.78 is 13.8. The van der Waals surface area contributed by atoms with Crippen molar-refractivity contribution in [1.82, 2.24) is 0 Å². The summed E-state index contributed by atoms with van der Waals surface area (Å²) in [4.78, 5) is 58.5. The van der Waals surface area contributed by atoms with Crippen molar-refractivity contribution in [1.29, 1.82) is 0 Å². The number of cyclic esters (lactones) is 4. The first-order chi connectivity index (χ1) is 18.7. The minimum Gasteiger partial charge on any atom is -0.421 e. The Morgan fingerprint density at radius 1 is 0.750 bits per heavy atom. The summed E-state index contributed by atoms with van der Waals surface area (Å²) in [6.07, 6.45) is 1.09. The summed E-state index contributed by atoms with van der Waals surface area (Å²) in [5.74, 6) is -3.61. The number of fused-ring (bicyclic) bond motifs is 2. The molecule has 2 radical (unpaired) electrons. The van der Waals surface area contributed by atoms with E-state index in [1.165, 1.54) is 36.4 Å². The van der Waals surface area contributed by atoms with Crippen LogP contribution in [0.3, 0.4) is 0 Å². The molecule has 0 amide bonds. The van der Waals surface area contributed by atoms with E-state index >= 15 is 0 Å². The molecular weight excluding hydrogens is 534 g/mol. The van der Waals surface area contributed by atoms with Gasteiger partial charge in [-0.15, -0.1) is 0 Å². The molecule has 0 aromatic heterocycles. The smallest absolute Gasteiger partial charge is 0.346 e. The fraction of sp³-hybridized carbons (Fsp3) is 0.179. The number of hydrogen-bond acceptors (Lipinski definition) is 11. The minimum absolute atomic E-state index is 0. The van der Waals surface area contributed by atoms with Gasteiger partial charge in [0.25, 0.3) is 0 Å². The molecule has 0 spiro atoms. The third-order valence-corrected chi connectivity index (χ3v) is 6.20. The van der Waals surface area contributed by atoms with Crippen LogP contribution in [0.2, 0.25) is 6.04 Å². The number of benzene rings is 3. The van der Waals surface area contributed by atoms with E-state index < -0.39 is 29.7 Å². The van der Waals surface area contributed by atoms with E-state index in [0.29, 0.717) is 21.1 Å². The molecule has 0 fully saturated rings. The lowest BCUT2D eigenvalue weighted by molar-refractivity contribution is 0.0425. The zero-order valence-corrected chi connectivity index (χ0v) is 21.9. The van der Waals surface area contributed by atoms with Gasteiger partial charge in [0.2, 0.25) is 9.76 Å². The minimum atomic E-state index is -0.812. The lowest BCUT2D eigenvalue weighted by Gasteiger charge is -2.03. The average Bonchev–Trinajstić information content (AvgIpc) is 3.37. The number of nitrogens with two attached hydrogens (primary N) is 3. The number of nitrogen functional groups attached to an aromatic ring is 2. The van der Waals surface area contributed by atoms with Crippen LogP contribution in [-0.2, 0) is 13.9 Å². The van der Waals surface area contributed by atoms with Crippen molar-refractivity contribution in [3.8, 4) is 0 Å². The Hall–Kier alpha value is -4.65. The van der Waals surface area contributed by atoms with E-state index in [9.17, 15) is 24.0 Å². The summed E-state index contributed by atoms with van der Waals surface area (Å²) in [5.41, 5.74) is 17.9. The fourth-order valence-corrected chi connectivity index (χ4v) is 4.01. The van der Waals surface area contributed by atoms with Crippen LogP contribution < -0.4 is 17.2 Å². The Morgan fingerprint density at radius 2 is 1.20 bits per heavy atom. The monoisotopic (exact) mass is 563 g/mol. The number of ether oxygens (including phenoxy) is 2. The largest absolute Gasteiger partial charge is 0.421 e. The van der Waals surface area contributed by atoms with Crippen molar-refractivity contribution in [2.75, 3.05) is 25.1 Å². The predicted octanol–water partition coefficient (Wildman–Crippen LogP) is 3.05. The van der Waals surface area contributed by atoms with Gasteiger partial charge in [0.05, 0.1) is 22.3 Å².